The molecule has 0 saturated heterocycles. The van der Waals surface area contributed by atoms with Crippen molar-refractivity contribution in [3.63, 3.8) is 0 Å². The Morgan fingerprint density at radius 2 is 1.24 bits per heavy atom. The molecule has 10 rings (SSSR count). The maximum Gasteiger partial charge on any atom is -0.0000918 e. The van der Waals surface area contributed by atoms with Gasteiger partial charge in [-0.05, 0) is 142 Å². The molecule has 3 aliphatic carbocycles. The highest BCUT2D eigenvalue weighted by Gasteiger charge is 2.24. The van der Waals surface area contributed by atoms with Crippen LogP contribution in [0.5, 0.6) is 0 Å². The van der Waals surface area contributed by atoms with Gasteiger partial charge in [0.15, 0.2) is 0 Å². The van der Waals surface area contributed by atoms with Gasteiger partial charge in [0.05, 0.1) is 0 Å². The van der Waals surface area contributed by atoms with Crippen molar-refractivity contribution in [2.75, 3.05) is 0 Å². The number of allylic oxidation sites excluding steroid dienone is 4. The van der Waals surface area contributed by atoms with Crippen LogP contribution >= 0.6 is 0 Å². The summed E-state index contributed by atoms with van der Waals surface area (Å²) in [6, 6.07) is 45.7. The van der Waals surface area contributed by atoms with E-state index >= 15 is 0 Å². The maximum absolute atomic E-state index is 3.31. The molecule has 7 aromatic carbocycles. The monoisotopic (exact) mass is 568 g/mol. The molecule has 0 bridgehead atoms. The summed E-state index contributed by atoms with van der Waals surface area (Å²) in [5.41, 5.74) is 19.3. The minimum atomic E-state index is 0.965. The lowest BCUT2D eigenvalue weighted by molar-refractivity contribution is 1.25. The van der Waals surface area contributed by atoms with Gasteiger partial charge in [-0.2, -0.15) is 0 Å². The summed E-state index contributed by atoms with van der Waals surface area (Å²) in [7, 11) is 0. The first-order valence-electron chi connectivity index (χ1n) is 15.9. The van der Waals surface area contributed by atoms with Gasteiger partial charge in [-0.25, -0.2) is 0 Å². The van der Waals surface area contributed by atoms with Gasteiger partial charge in [-0.15, -0.1) is 5.73 Å². The van der Waals surface area contributed by atoms with Gasteiger partial charge in [0, 0.05) is 0 Å². The van der Waals surface area contributed by atoms with Crippen LogP contribution in [-0.2, 0) is 12.8 Å². The van der Waals surface area contributed by atoms with Crippen LogP contribution in [0.15, 0.2) is 151 Å². The van der Waals surface area contributed by atoms with Gasteiger partial charge in [0.1, 0.15) is 0 Å². The smallest absolute Gasteiger partial charge is 0.0000918 e. The lowest BCUT2D eigenvalue weighted by atomic mass is 9.83. The summed E-state index contributed by atoms with van der Waals surface area (Å²) < 4.78 is 0. The lowest BCUT2D eigenvalue weighted by Gasteiger charge is -2.20. The van der Waals surface area contributed by atoms with E-state index in [1.165, 1.54) is 99.1 Å². The molecule has 0 aliphatic heterocycles. The number of hydrogen-bond donors (Lipinski definition) is 0. The third-order valence-corrected chi connectivity index (χ3v) is 10.1. The van der Waals surface area contributed by atoms with Crippen LogP contribution in [-0.4, -0.2) is 0 Å². The molecule has 45 heavy (non-hydrogen) atoms. The Balaban J connectivity index is 1.29. The normalized spacial score (nSPS) is 14.2. The molecule has 0 radical (unpaired) electrons. The zero-order valence-corrected chi connectivity index (χ0v) is 24.8. The Kier molecular flexibility index (Phi) is 5.17. The number of rotatable bonds is 3. The minimum Gasteiger partial charge on any atom is -0.120 e. The number of fused-ring (bicyclic) bond motifs is 6. The van der Waals surface area contributed by atoms with Crippen molar-refractivity contribution in [1.29, 1.82) is 0 Å². The van der Waals surface area contributed by atoms with E-state index in [-0.39, 0.29) is 0 Å². The molecule has 0 unspecified atom stereocenters. The van der Waals surface area contributed by atoms with E-state index in [1.54, 1.807) is 0 Å². The van der Waals surface area contributed by atoms with Crippen molar-refractivity contribution < 1.29 is 0 Å². The summed E-state index contributed by atoms with van der Waals surface area (Å²) in [6.07, 6.45) is 10.8. The third-order valence-electron chi connectivity index (χ3n) is 10.1. The van der Waals surface area contributed by atoms with Crippen molar-refractivity contribution in [3.05, 3.63) is 173 Å². The van der Waals surface area contributed by atoms with E-state index in [4.69, 9.17) is 0 Å². The van der Waals surface area contributed by atoms with Crippen LogP contribution in [0.1, 0.15) is 22.3 Å². The fourth-order valence-electron chi connectivity index (χ4n) is 8.00. The molecule has 0 saturated carbocycles. The van der Waals surface area contributed by atoms with E-state index in [9.17, 15) is 0 Å². The average Bonchev–Trinajstić information content (AvgIpc) is 3.83. The Hall–Kier alpha value is -5.68. The van der Waals surface area contributed by atoms with E-state index in [0.717, 1.165) is 12.8 Å². The molecule has 0 spiro atoms. The van der Waals surface area contributed by atoms with Crippen LogP contribution in [0.25, 0.3) is 77.3 Å². The van der Waals surface area contributed by atoms with Crippen LogP contribution in [0.3, 0.4) is 0 Å². The van der Waals surface area contributed by atoms with Gasteiger partial charge >= 0.3 is 0 Å². The summed E-state index contributed by atoms with van der Waals surface area (Å²) in [6.45, 7) is 0. The molecule has 208 valence electrons. The van der Waals surface area contributed by atoms with Crippen LogP contribution < -0.4 is 0 Å². The lowest BCUT2D eigenvalue weighted by Crippen LogP contribution is -1.94. The van der Waals surface area contributed by atoms with Crippen LogP contribution in [0.4, 0.5) is 0 Å². The molecule has 3 aliphatic rings. The molecule has 0 heterocycles. The Morgan fingerprint density at radius 1 is 0.511 bits per heavy atom. The van der Waals surface area contributed by atoms with Gasteiger partial charge < -0.3 is 0 Å². The van der Waals surface area contributed by atoms with E-state index < -0.39 is 0 Å². The molecule has 0 amide bonds. The largest absolute Gasteiger partial charge is 0.120 e. The van der Waals surface area contributed by atoms with Gasteiger partial charge in [-0.3, -0.25) is 0 Å². The van der Waals surface area contributed by atoms with Crippen molar-refractivity contribution in [2.45, 2.75) is 12.8 Å². The zero-order valence-electron chi connectivity index (χ0n) is 24.8. The van der Waals surface area contributed by atoms with Gasteiger partial charge in [0.2, 0.25) is 0 Å². The molecule has 0 N–H and O–H groups in total. The SMILES string of the molecule is C1=CC2=C(C=1)c1cccc(-c3ccc4c(-c5ccc6ccccc6c5)c5ccccc5c(-c5ccc6c(c5)C=CC6)c4c3)c1C2. The van der Waals surface area contributed by atoms with Crippen molar-refractivity contribution in [3.8, 4) is 33.4 Å². The van der Waals surface area contributed by atoms with Crippen molar-refractivity contribution in [2.24, 2.45) is 0 Å². The third kappa shape index (κ3) is 3.67. The molecular weight excluding hydrogens is 540 g/mol. The molecule has 0 fully saturated rings. The highest BCUT2D eigenvalue weighted by molar-refractivity contribution is 6.22. The molecule has 0 heteroatoms. The second-order valence-corrected chi connectivity index (χ2v) is 12.5. The van der Waals surface area contributed by atoms with Crippen LogP contribution in [0.2, 0.25) is 0 Å². The fraction of sp³-hybridized carbons (Fsp3) is 0.0444. The first-order valence-corrected chi connectivity index (χ1v) is 15.9. The Bertz CT molecular complexity index is 2560. The summed E-state index contributed by atoms with van der Waals surface area (Å²) in [5, 5.41) is 7.70. The van der Waals surface area contributed by atoms with E-state index in [2.05, 4.69) is 151 Å². The second-order valence-electron chi connectivity index (χ2n) is 12.5. The molecular formula is C45H28. The fourth-order valence-corrected chi connectivity index (χ4v) is 8.00. The Morgan fingerprint density at radius 3 is 2.16 bits per heavy atom. The Labute approximate surface area is 262 Å². The first kappa shape index (κ1) is 24.7. The van der Waals surface area contributed by atoms with Gasteiger partial charge in [-0.1, -0.05) is 115 Å². The van der Waals surface area contributed by atoms with E-state index in [1.807, 2.05) is 0 Å². The molecule has 7 aromatic rings. The predicted octanol–water partition coefficient (Wildman–Crippen LogP) is 11.8. The number of hydrogen-bond acceptors (Lipinski definition) is 0. The predicted molar refractivity (Wildman–Crippen MR) is 191 cm³/mol. The van der Waals surface area contributed by atoms with Gasteiger partial charge in [0.25, 0.3) is 0 Å². The second kappa shape index (κ2) is 9.41. The maximum atomic E-state index is 3.31. The first-order chi connectivity index (χ1) is 22.3. The number of benzene rings is 7. The van der Waals surface area contributed by atoms with E-state index in [0.29, 0.717) is 0 Å². The molecule has 0 atom stereocenters. The summed E-state index contributed by atoms with van der Waals surface area (Å²) in [5.74, 6) is 0. The highest BCUT2D eigenvalue weighted by Crippen LogP contribution is 2.47. The zero-order chi connectivity index (χ0) is 29.5. The summed E-state index contributed by atoms with van der Waals surface area (Å²) in [4.78, 5) is 0. The van der Waals surface area contributed by atoms with Crippen molar-refractivity contribution >= 4 is 44.0 Å². The average molecular weight is 569 g/mol. The topological polar surface area (TPSA) is 0 Å². The molecule has 0 aromatic heterocycles. The standard InChI is InChI=1S/C45H28/c1-2-9-30-24-34(20-18-28(30)8-1)44-39-13-3-4-14-40(39)45(35-21-19-29-10-5-11-31(29)25-35)43-27-33(22-23-41(43)44)37-16-7-17-38-36-15-6-12-32(36)26-42(37)38/h1-5,7-9,11-25,27H,10,26H2. The minimum absolute atomic E-state index is 0.965. The quantitative estimate of drug-likeness (QED) is 0.147. The van der Waals surface area contributed by atoms with Crippen LogP contribution in [0, 0.1) is 0 Å². The van der Waals surface area contributed by atoms with Crippen molar-refractivity contribution in [1.82, 2.24) is 0 Å². The molecule has 0 nitrogen and oxygen atoms in total. The highest BCUT2D eigenvalue weighted by atomic mass is 14.3. The summed E-state index contributed by atoms with van der Waals surface area (Å²) >= 11 is 0.